The van der Waals surface area contributed by atoms with Crippen LogP contribution in [-0.2, 0) is 10.0 Å². The molecule has 0 amide bonds. The third-order valence-corrected chi connectivity index (χ3v) is 5.25. The first-order valence-corrected chi connectivity index (χ1v) is 7.66. The molecule has 1 rings (SSSR count). The van der Waals surface area contributed by atoms with E-state index in [1.807, 2.05) is 0 Å². The lowest BCUT2D eigenvalue weighted by atomic mass is 10.1. The van der Waals surface area contributed by atoms with Crippen LogP contribution in [0.1, 0.15) is 31.1 Å². The highest BCUT2D eigenvalue weighted by molar-refractivity contribution is 14.1. The molecule has 0 fully saturated rings. The van der Waals surface area contributed by atoms with Crippen LogP contribution in [-0.4, -0.2) is 25.0 Å². The molecule has 0 aliphatic rings. The molecule has 0 aliphatic carbocycles. The van der Waals surface area contributed by atoms with Crippen LogP contribution in [0.3, 0.4) is 0 Å². The van der Waals surface area contributed by atoms with Crippen molar-refractivity contribution >= 4 is 38.6 Å². The van der Waals surface area contributed by atoms with Crippen LogP contribution >= 0.6 is 22.6 Å². The maximum atomic E-state index is 12.1. The summed E-state index contributed by atoms with van der Waals surface area (Å²) in [6.07, 6.45) is 0. The van der Waals surface area contributed by atoms with Gasteiger partial charge in [-0.05, 0) is 55.5 Å². The number of aromatic carboxylic acids is 1. The fourth-order valence-electron chi connectivity index (χ4n) is 1.34. The van der Waals surface area contributed by atoms with Gasteiger partial charge in [0, 0.05) is 9.11 Å². The first kappa shape index (κ1) is 15.4. The van der Waals surface area contributed by atoms with E-state index in [2.05, 4.69) is 4.72 Å². The first-order valence-electron chi connectivity index (χ1n) is 5.10. The molecule has 1 aromatic carbocycles. The second-order valence-electron chi connectivity index (χ2n) is 4.78. The highest BCUT2D eigenvalue weighted by Gasteiger charge is 2.26. The van der Waals surface area contributed by atoms with Gasteiger partial charge in [0.25, 0.3) is 0 Å². The molecule has 0 atom stereocenters. The second kappa shape index (κ2) is 5.14. The molecule has 0 bridgehead atoms. The number of hydrogen-bond donors (Lipinski definition) is 2. The molecule has 0 unspecified atom stereocenters. The van der Waals surface area contributed by atoms with Gasteiger partial charge in [-0.3, -0.25) is 0 Å². The summed E-state index contributed by atoms with van der Waals surface area (Å²) in [6, 6.07) is 4.19. The molecule has 0 radical (unpaired) electrons. The van der Waals surface area contributed by atoms with E-state index < -0.39 is 21.5 Å². The smallest absolute Gasteiger partial charge is 0.336 e. The predicted molar refractivity (Wildman–Crippen MR) is 76.2 cm³/mol. The maximum Gasteiger partial charge on any atom is 0.336 e. The van der Waals surface area contributed by atoms with Crippen LogP contribution in [0, 0.1) is 3.57 Å². The van der Waals surface area contributed by atoms with Crippen molar-refractivity contribution in [3.05, 3.63) is 27.3 Å². The van der Waals surface area contributed by atoms with Crippen LogP contribution in [0.15, 0.2) is 23.1 Å². The molecule has 18 heavy (non-hydrogen) atoms. The quantitative estimate of drug-likeness (QED) is 0.783. The van der Waals surface area contributed by atoms with Crippen molar-refractivity contribution in [2.45, 2.75) is 31.2 Å². The Morgan fingerprint density at radius 2 is 1.89 bits per heavy atom. The van der Waals surface area contributed by atoms with Gasteiger partial charge in [-0.1, -0.05) is 6.07 Å². The van der Waals surface area contributed by atoms with Gasteiger partial charge < -0.3 is 5.11 Å². The summed E-state index contributed by atoms with van der Waals surface area (Å²) < 4.78 is 27.0. The molecule has 0 aliphatic heterocycles. The predicted octanol–water partition coefficient (Wildman–Crippen LogP) is 2.07. The van der Waals surface area contributed by atoms with Crippen LogP contribution in [0.25, 0.3) is 0 Å². The van der Waals surface area contributed by atoms with E-state index in [1.165, 1.54) is 18.2 Å². The fourth-order valence-corrected chi connectivity index (χ4v) is 4.32. The van der Waals surface area contributed by atoms with Gasteiger partial charge in [-0.2, -0.15) is 0 Å². The Bertz CT molecular complexity index is 575. The van der Waals surface area contributed by atoms with Crippen LogP contribution < -0.4 is 4.72 Å². The lowest BCUT2D eigenvalue weighted by Gasteiger charge is -2.21. The van der Waals surface area contributed by atoms with E-state index in [9.17, 15) is 13.2 Å². The lowest BCUT2D eigenvalue weighted by Crippen LogP contribution is -2.40. The van der Waals surface area contributed by atoms with E-state index in [1.54, 1.807) is 43.4 Å². The van der Waals surface area contributed by atoms with E-state index in [4.69, 9.17) is 5.11 Å². The number of carboxylic acids is 1. The summed E-state index contributed by atoms with van der Waals surface area (Å²) in [5.41, 5.74) is -0.645. The molecule has 0 spiro atoms. The Labute approximate surface area is 120 Å². The van der Waals surface area contributed by atoms with Gasteiger partial charge in [-0.25, -0.2) is 17.9 Å². The van der Waals surface area contributed by atoms with Crippen molar-refractivity contribution in [2.75, 3.05) is 0 Å². The highest BCUT2D eigenvalue weighted by Crippen LogP contribution is 2.23. The topological polar surface area (TPSA) is 83.5 Å². The van der Waals surface area contributed by atoms with Gasteiger partial charge in [0.2, 0.25) is 10.0 Å². The Hall–Kier alpha value is -0.670. The van der Waals surface area contributed by atoms with Crippen molar-refractivity contribution in [1.29, 1.82) is 0 Å². The van der Waals surface area contributed by atoms with Crippen molar-refractivity contribution in [2.24, 2.45) is 0 Å². The average Bonchev–Trinajstić information content (AvgIpc) is 2.13. The minimum Gasteiger partial charge on any atom is -0.478 e. The number of sulfonamides is 1. The molecule has 0 aromatic heterocycles. The lowest BCUT2D eigenvalue weighted by molar-refractivity contribution is 0.0695. The fraction of sp³-hybridized carbons (Fsp3) is 0.364. The number of rotatable bonds is 3. The number of nitrogens with one attached hydrogen (secondary N) is 1. The standard InChI is InChI=1S/C11H14INO4S/c1-11(2,3)13-18(16,17)8-6-4-5-7(9(8)12)10(14)15/h4-6,13H,1-3H3,(H,14,15). The van der Waals surface area contributed by atoms with Crippen molar-refractivity contribution < 1.29 is 18.3 Å². The largest absolute Gasteiger partial charge is 0.478 e. The van der Waals surface area contributed by atoms with E-state index >= 15 is 0 Å². The van der Waals surface area contributed by atoms with Gasteiger partial charge in [-0.15, -0.1) is 0 Å². The monoisotopic (exact) mass is 383 g/mol. The summed E-state index contributed by atoms with van der Waals surface area (Å²) in [5, 5.41) is 8.97. The van der Waals surface area contributed by atoms with E-state index in [0.29, 0.717) is 0 Å². The van der Waals surface area contributed by atoms with E-state index in [-0.39, 0.29) is 14.0 Å². The molecular formula is C11H14INO4S. The molecule has 100 valence electrons. The Morgan fingerprint density at radius 3 is 2.33 bits per heavy atom. The third-order valence-electron chi connectivity index (χ3n) is 1.92. The van der Waals surface area contributed by atoms with Gasteiger partial charge >= 0.3 is 5.97 Å². The number of carbonyl (C=O) groups is 1. The number of benzene rings is 1. The Kier molecular flexibility index (Phi) is 4.39. The normalized spacial score (nSPS) is 12.4. The molecular weight excluding hydrogens is 369 g/mol. The van der Waals surface area contributed by atoms with Crippen LogP contribution in [0.5, 0.6) is 0 Å². The zero-order valence-corrected chi connectivity index (χ0v) is 13.2. The molecule has 0 saturated carbocycles. The Morgan fingerprint density at radius 1 is 1.33 bits per heavy atom. The third kappa shape index (κ3) is 3.66. The van der Waals surface area contributed by atoms with Gasteiger partial charge in [0.05, 0.1) is 10.5 Å². The molecule has 1 aromatic rings. The summed E-state index contributed by atoms with van der Waals surface area (Å²) in [7, 11) is -3.73. The zero-order chi connectivity index (χ0) is 14.1. The zero-order valence-electron chi connectivity index (χ0n) is 10.2. The number of carboxylic acid groups (broad SMARTS) is 1. The SMILES string of the molecule is CC(C)(C)NS(=O)(=O)c1cccc(C(=O)O)c1I. The van der Waals surface area contributed by atoms with Crippen LogP contribution in [0.4, 0.5) is 0 Å². The van der Waals surface area contributed by atoms with Crippen molar-refractivity contribution in [3.63, 3.8) is 0 Å². The minimum atomic E-state index is -3.73. The highest BCUT2D eigenvalue weighted by atomic mass is 127. The summed E-state index contributed by atoms with van der Waals surface area (Å²) >= 11 is 1.73. The number of hydrogen-bond acceptors (Lipinski definition) is 3. The number of halogens is 1. The minimum absolute atomic E-state index is 0.0158. The van der Waals surface area contributed by atoms with Crippen LogP contribution in [0.2, 0.25) is 0 Å². The molecule has 0 saturated heterocycles. The van der Waals surface area contributed by atoms with Gasteiger partial charge in [0.15, 0.2) is 0 Å². The van der Waals surface area contributed by atoms with Crippen molar-refractivity contribution in [1.82, 2.24) is 4.72 Å². The maximum absolute atomic E-state index is 12.1. The summed E-state index contributed by atoms with van der Waals surface area (Å²) in [6.45, 7) is 5.16. The second-order valence-corrected chi connectivity index (χ2v) is 7.51. The average molecular weight is 383 g/mol. The Balaban J connectivity index is 3.35. The summed E-state index contributed by atoms with van der Waals surface area (Å²) in [4.78, 5) is 11.0. The summed E-state index contributed by atoms with van der Waals surface area (Å²) in [5.74, 6) is -1.15. The molecule has 5 nitrogen and oxygen atoms in total. The molecule has 2 N–H and O–H groups in total. The molecule has 0 heterocycles. The van der Waals surface area contributed by atoms with E-state index in [0.717, 1.165) is 0 Å². The first-order chi connectivity index (χ1) is 8.04. The van der Waals surface area contributed by atoms with Crippen molar-refractivity contribution in [3.8, 4) is 0 Å². The molecule has 7 heteroatoms. The van der Waals surface area contributed by atoms with Gasteiger partial charge in [0.1, 0.15) is 0 Å².